The van der Waals surface area contributed by atoms with Crippen LogP contribution in [0.2, 0.25) is 0 Å². The van der Waals surface area contributed by atoms with Crippen molar-refractivity contribution in [1.82, 2.24) is 19.9 Å². The fourth-order valence-corrected chi connectivity index (χ4v) is 4.91. The molecule has 3 heterocycles. The van der Waals surface area contributed by atoms with E-state index in [1.165, 1.54) is 0 Å². The summed E-state index contributed by atoms with van der Waals surface area (Å²) in [6.45, 7) is 2.60. The maximum atomic E-state index is 14.0. The zero-order chi connectivity index (χ0) is 22.3. The molecule has 4 nitrogen and oxygen atoms in total. The molecular formula is C24H22F3IN4. The summed E-state index contributed by atoms with van der Waals surface area (Å²) in [5.74, 6) is 1.11. The van der Waals surface area contributed by atoms with Crippen LogP contribution in [0.4, 0.5) is 13.2 Å². The summed E-state index contributed by atoms with van der Waals surface area (Å²) in [5, 5.41) is 4.07. The molecule has 0 radical (unpaired) electrons. The molecule has 1 aliphatic rings. The summed E-state index contributed by atoms with van der Waals surface area (Å²) in [6, 6.07) is 14.8. The zero-order valence-corrected chi connectivity index (χ0v) is 19.4. The molecule has 1 saturated heterocycles. The Kier molecular flexibility index (Phi) is 5.83. The first-order valence-electron chi connectivity index (χ1n) is 10.7. The predicted octanol–water partition coefficient (Wildman–Crippen LogP) is 6.26. The highest BCUT2D eigenvalue weighted by Gasteiger charge is 2.37. The minimum atomic E-state index is -4.58. The van der Waals surface area contributed by atoms with Gasteiger partial charge in [-0.15, -0.1) is 0 Å². The Morgan fingerprint density at radius 2 is 1.72 bits per heavy atom. The Morgan fingerprint density at radius 3 is 2.44 bits per heavy atom. The summed E-state index contributed by atoms with van der Waals surface area (Å²) in [7, 11) is 0. The average molecular weight is 550 g/mol. The maximum absolute atomic E-state index is 14.0. The van der Waals surface area contributed by atoms with E-state index in [4.69, 9.17) is 0 Å². The second kappa shape index (κ2) is 8.62. The quantitative estimate of drug-likeness (QED) is 0.305. The molecule has 0 amide bonds. The fraction of sp³-hybridized carbons (Fsp3) is 0.333. The molecule has 0 atom stereocenters. The number of nitrogens with zero attached hydrogens (tertiary/aromatic N) is 3. The van der Waals surface area contributed by atoms with E-state index in [1.54, 1.807) is 12.1 Å². The largest absolute Gasteiger partial charge is 0.435 e. The van der Waals surface area contributed by atoms with Crippen molar-refractivity contribution in [2.45, 2.75) is 32.0 Å². The van der Waals surface area contributed by atoms with Crippen LogP contribution in [0, 0.1) is 9.49 Å². The molecule has 5 rings (SSSR count). The van der Waals surface area contributed by atoms with E-state index in [1.807, 2.05) is 41.0 Å². The highest BCUT2D eigenvalue weighted by Crippen LogP contribution is 2.38. The third-order valence-corrected chi connectivity index (χ3v) is 6.89. The number of hydrogen-bond acceptors (Lipinski definition) is 3. The Labute approximate surface area is 197 Å². The molecule has 32 heavy (non-hydrogen) atoms. The van der Waals surface area contributed by atoms with Crippen LogP contribution in [0.5, 0.6) is 0 Å². The Hall–Kier alpha value is -2.20. The van der Waals surface area contributed by atoms with Gasteiger partial charge < -0.3 is 9.88 Å². The predicted molar refractivity (Wildman–Crippen MR) is 128 cm³/mol. The summed E-state index contributed by atoms with van der Waals surface area (Å²) in [6.07, 6.45) is -1.51. The van der Waals surface area contributed by atoms with Crippen LogP contribution in [0.1, 0.15) is 25.0 Å². The number of para-hydroxylation sites is 1. The number of piperidine rings is 1. The molecule has 0 spiro atoms. The minimum Gasteiger partial charge on any atom is -0.323 e. The highest BCUT2D eigenvalue weighted by molar-refractivity contribution is 14.1. The van der Waals surface area contributed by atoms with Gasteiger partial charge in [0.25, 0.3) is 0 Å². The van der Waals surface area contributed by atoms with E-state index < -0.39 is 11.9 Å². The lowest BCUT2D eigenvalue weighted by Crippen LogP contribution is -2.28. The van der Waals surface area contributed by atoms with Crippen LogP contribution in [-0.2, 0) is 12.7 Å². The van der Waals surface area contributed by atoms with Crippen LogP contribution in [0.15, 0.2) is 48.5 Å². The summed E-state index contributed by atoms with van der Waals surface area (Å²) >= 11 is 2.22. The van der Waals surface area contributed by atoms with E-state index in [0.29, 0.717) is 34.7 Å². The smallest absolute Gasteiger partial charge is 0.323 e. The van der Waals surface area contributed by atoms with Gasteiger partial charge in [-0.3, -0.25) is 0 Å². The van der Waals surface area contributed by atoms with Gasteiger partial charge in [0.2, 0.25) is 0 Å². The van der Waals surface area contributed by atoms with E-state index in [0.717, 1.165) is 41.5 Å². The lowest BCUT2D eigenvalue weighted by molar-refractivity contribution is -0.139. The lowest BCUT2D eigenvalue weighted by Gasteiger charge is -2.23. The van der Waals surface area contributed by atoms with Gasteiger partial charge >= 0.3 is 6.18 Å². The number of benzene rings is 2. The Balaban J connectivity index is 1.75. The molecule has 2 aromatic heterocycles. The fourth-order valence-electron chi connectivity index (χ4n) is 4.55. The normalized spacial score (nSPS) is 15.6. The molecule has 8 heteroatoms. The van der Waals surface area contributed by atoms with Crippen molar-refractivity contribution in [3.63, 3.8) is 0 Å². The number of aromatic nitrogens is 3. The third kappa shape index (κ3) is 4.10. The number of fused-ring (bicyclic) bond motifs is 3. The third-order valence-electron chi connectivity index (χ3n) is 6.17. The molecule has 0 bridgehead atoms. The number of alkyl halides is 3. The van der Waals surface area contributed by atoms with Crippen LogP contribution >= 0.6 is 22.6 Å². The van der Waals surface area contributed by atoms with Gasteiger partial charge in [0, 0.05) is 21.1 Å². The number of rotatable bonds is 4. The van der Waals surface area contributed by atoms with Gasteiger partial charge in [0.15, 0.2) is 5.69 Å². The molecule has 1 fully saturated rings. The highest BCUT2D eigenvalue weighted by atomic mass is 127. The number of imidazole rings is 1. The molecule has 1 aliphatic heterocycles. The van der Waals surface area contributed by atoms with E-state index in [2.05, 4.69) is 37.9 Å². The first-order chi connectivity index (χ1) is 15.4. The molecule has 0 saturated carbocycles. The van der Waals surface area contributed by atoms with E-state index in [-0.39, 0.29) is 5.52 Å². The number of hydrogen-bond donors (Lipinski definition) is 1. The molecule has 1 N–H and O–H groups in total. The SMILES string of the molecule is FC(F)(F)c1nc2ccccc2c2c1nc(-c1ccc(I)cc1)n2CCC1CCNCC1. The van der Waals surface area contributed by atoms with Crippen molar-refractivity contribution in [2.24, 2.45) is 5.92 Å². The van der Waals surface area contributed by atoms with Crippen LogP contribution < -0.4 is 5.32 Å². The van der Waals surface area contributed by atoms with Gasteiger partial charge in [-0.25, -0.2) is 9.97 Å². The summed E-state index contributed by atoms with van der Waals surface area (Å²) < 4.78 is 45.0. The van der Waals surface area contributed by atoms with E-state index in [9.17, 15) is 13.2 Å². The van der Waals surface area contributed by atoms with E-state index >= 15 is 0 Å². The average Bonchev–Trinajstić information content (AvgIpc) is 3.17. The van der Waals surface area contributed by atoms with Crippen molar-refractivity contribution in [3.05, 3.63) is 57.8 Å². The molecule has 2 aromatic carbocycles. The van der Waals surface area contributed by atoms with Gasteiger partial charge in [0.1, 0.15) is 11.3 Å². The maximum Gasteiger partial charge on any atom is 0.435 e. The molecular weight excluding hydrogens is 528 g/mol. The van der Waals surface area contributed by atoms with Gasteiger partial charge in [-0.1, -0.05) is 30.3 Å². The first kappa shape index (κ1) is 21.6. The van der Waals surface area contributed by atoms with Gasteiger partial charge in [-0.05, 0) is 79.1 Å². The van der Waals surface area contributed by atoms with Gasteiger partial charge in [-0.2, -0.15) is 13.2 Å². The van der Waals surface area contributed by atoms with Crippen LogP contribution in [0.3, 0.4) is 0 Å². The van der Waals surface area contributed by atoms with Crippen LogP contribution in [0.25, 0.3) is 33.3 Å². The van der Waals surface area contributed by atoms with Crippen molar-refractivity contribution in [3.8, 4) is 11.4 Å². The number of aryl methyl sites for hydroxylation is 1. The van der Waals surface area contributed by atoms with Crippen molar-refractivity contribution in [2.75, 3.05) is 13.1 Å². The lowest BCUT2D eigenvalue weighted by atomic mass is 9.94. The standard InChI is InChI=1S/C24H22F3IN4/c25-24(26,27)22-20-21(18-3-1-2-4-19(18)30-22)32(14-11-15-9-12-29-13-10-15)23(31-20)16-5-7-17(28)8-6-16/h1-8,15,29H,9-14H2. The van der Waals surface area contributed by atoms with Gasteiger partial charge in [0.05, 0.1) is 11.0 Å². The molecule has 4 aromatic rings. The van der Waals surface area contributed by atoms with Crippen LogP contribution in [-0.4, -0.2) is 27.6 Å². The summed E-state index contributed by atoms with van der Waals surface area (Å²) in [4.78, 5) is 8.54. The zero-order valence-electron chi connectivity index (χ0n) is 17.3. The Morgan fingerprint density at radius 1 is 1.00 bits per heavy atom. The molecule has 0 unspecified atom stereocenters. The topological polar surface area (TPSA) is 42.7 Å². The second-order valence-corrected chi connectivity index (χ2v) is 9.49. The minimum absolute atomic E-state index is 0.0740. The second-order valence-electron chi connectivity index (χ2n) is 8.25. The number of pyridine rings is 1. The first-order valence-corrected chi connectivity index (χ1v) is 11.8. The van der Waals surface area contributed by atoms with Crippen molar-refractivity contribution in [1.29, 1.82) is 0 Å². The number of halogens is 4. The molecule has 0 aliphatic carbocycles. The van der Waals surface area contributed by atoms with Crippen molar-refractivity contribution < 1.29 is 13.2 Å². The summed E-state index contributed by atoms with van der Waals surface area (Å²) in [5.41, 5.74) is 0.674. The number of nitrogens with one attached hydrogen (secondary N) is 1. The molecule has 166 valence electrons. The Bertz CT molecular complexity index is 1260. The monoisotopic (exact) mass is 550 g/mol. The van der Waals surface area contributed by atoms with Crippen molar-refractivity contribution >= 4 is 44.5 Å².